The fraction of sp³-hybridized carbons (Fsp3) is 0.208. The molecule has 0 unspecified atom stereocenters. The van der Waals surface area contributed by atoms with Gasteiger partial charge in [-0.2, -0.15) is 0 Å². The van der Waals surface area contributed by atoms with Crippen LogP contribution in [-0.4, -0.2) is 22.6 Å². The molecule has 0 fully saturated rings. The molecule has 6 rings (SSSR count). The Labute approximate surface area is 308 Å². The molecule has 2 N–H and O–H groups in total. The molecular weight excluding hydrogens is 637 g/mol. The Kier molecular flexibility index (Phi) is 11.8. The van der Waals surface area contributed by atoms with Crippen molar-refractivity contribution in [2.24, 2.45) is 9.98 Å². The number of aromatic hydroxyl groups is 2. The van der Waals surface area contributed by atoms with Gasteiger partial charge in [-0.1, -0.05) is 147 Å². The normalized spacial score (nSPS) is 14.0. The van der Waals surface area contributed by atoms with Crippen molar-refractivity contribution < 1.29 is 10.2 Å². The molecule has 262 valence electrons. The molecule has 4 heteroatoms. The summed E-state index contributed by atoms with van der Waals surface area (Å²) < 4.78 is 0. The highest BCUT2D eigenvalue weighted by molar-refractivity contribution is 5.86. The van der Waals surface area contributed by atoms with E-state index >= 15 is 0 Å². The predicted octanol–water partition coefficient (Wildman–Crippen LogP) is 11.8. The van der Waals surface area contributed by atoms with Crippen molar-refractivity contribution in [1.29, 1.82) is 0 Å². The zero-order valence-electron chi connectivity index (χ0n) is 30.5. The van der Waals surface area contributed by atoms with Crippen LogP contribution in [0.1, 0.15) is 106 Å². The van der Waals surface area contributed by atoms with E-state index in [-0.39, 0.29) is 23.3 Å². The average molecular weight is 685 g/mol. The third kappa shape index (κ3) is 7.92. The van der Waals surface area contributed by atoms with Crippen LogP contribution in [0, 0.1) is 13.8 Å². The zero-order valence-corrected chi connectivity index (χ0v) is 30.5. The van der Waals surface area contributed by atoms with Gasteiger partial charge in [0, 0.05) is 46.5 Å². The summed E-state index contributed by atoms with van der Waals surface area (Å²) in [6.45, 7) is 8.43. The molecular formula is C48H48N2O2. The molecule has 6 aromatic rings. The van der Waals surface area contributed by atoms with Gasteiger partial charge < -0.3 is 10.2 Å². The highest BCUT2D eigenvalue weighted by atomic mass is 16.3. The summed E-state index contributed by atoms with van der Waals surface area (Å²) in [5.74, 6) is 0.629. The van der Waals surface area contributed by atoms with Crippen LogP contribution in [0.4, 0.5) is 0 Å². The van der Waals surface area contributed by atoms with Crippen LogP contribution < -0.4 is 0 Å². The standard InChI is InChI=1S/C48H48N2O2/c1-5-41(35-19-11-7-12-20-35)43-33(3)27-29-39(47(43)51)31-49-45(37-23-15-9-16-24-37)46(38-25-17-10-18-26-38)50-32-40-30-28-34(4)44(48(40)52)42(6-2)36-21-13-8-14-22-36/h7-32,41-42,45-46,51-52H,5-6H2,1-4H3/t41-,42-,45-,46-/m1/s1. The van der Waals surface area contributed by atoms with Crippen molar-refractivity contribution >= 4 is 12.4 Å². The van der Waals surface area contributed by atoms with E-state index in [0.29, 0.717) is 11.1 Å². The second-order valence-corrected chi connectivity index (χ2v) is 13.5. The van der Waals surface area contributed by atoms with Gasteiger partial charge in [-0.15, -0.1) is 0 Å². The second kappa shape index (κ2) is 17.0. The topological polar surface area (TPSA) is 65.2 Å². The van der Waals surface area contributed by atoms with Crippen molar-refractivity contribution in [2.45, 2.75) is 64.5 Å². The minimum atomic E-state index is -0.417. The summed E-state index contributed by atoms with van der Waals surface area (Å²) in [6, 6.07) is 48.3. The number of hydrogen-bond donors (Lipinski definition) is 2. The number of hydrogen-bond acceptors (Lipinski definition) is 4. The van der Waals surface area contributed by atoms with Crippen molar-refractivity contribution in [3.8, 4) is 11.5 Å². The lowest BCUT2D eigenvalue weighted by atomic mass is 9.85. The second-order valence-electron chi connectivity index (χ2n) is 13.5. The summed E-state index contributed by atoms with van der Waals surface area (Å²) >= 11 is 0. The fourth-order valence-corrected chi connectivity index (χ4v) is 7.44. The van der Waals surface area contributed by atoms with Crippen molar-refractivity contribution in [3.05, 3.63) is 201 Å². The number of rotatable bonds is 13. The molecule has 0 aromatic heterocycles. The number of aliphatic imine (C=N–C) groups is 2. The van der Waals surface area contributed by atoms with Gasteiger partial charge in [-0.05, 0) is 72.2 Å². The van der Waals surface area contributed by atoms with Gasteiger partial charge in [0.2, 0.25) is 0 Å². The van der Waals surface area contributed by atoms with Gasteiger partial charge >= 0.3 is 0 Å². The quantitative estimate of drug-likeness (QED) is 0.119. The predicted molar refractivity (Wildman–Crippen MR) is 216 cm³/mol. The molecule has 4 nitrogen and oxygen atoms in total. The summed E-state index contributed by atoms with van der Waals surface area (Å²) in [6.07, 6.45) is 5.31. The third-order valence-electron chi connectivity index (χ3n) is 10.2. The van der Waals surface area contributed by atoms with Crippen LogP contribution in [0.3, 0.4) is 0 Å². The van der Waals surface area contributed by atoms with E-state index in [1.165, 1.54) is 11.1 Å². The Morgan fingerprint density at radius 2 is 0.750 bits per heavy atom. The maximum absolute atomic E-state index is 11.8. The summed E-state index contributed by atoms with van der Waals surface area (Å²) in [5, 5.41) is 23.6. The zero-order chi connectivity index (χ0) is 36.5. The Morgan fingerprint density at radius 3 is 1.06 bits per heavy atom. The summed E-state index contributed by atoms with van der Waals surface area (Å²) in [5.41, 5.74) is 9.63. The monoisotopic (exact) mass is 684 g/mol. The molecule has 52 heavy (non-hydrogen) atoms. The van der Waals surface area contributed by atoms with E-state index in [1.807, 2.05) is 84.9 Å². The lowest BCUT2D eigenvalue weighted by Crippen LogP contribution is -2.10. The maximum Gasteiger partial charge on any atom is 0.128 e. The van der Waals surface area contributed by atoms with Crippen LogP contribution >= 0.6 is 0 Å². The van der Waals surface area contributed by atoms with E-state index in [0.717, 1.165) is 46.2 Å². The average Bonchev–Trinajstić information content (AvgIpc) is 3.19. The van der Waals surface area contributed by atoms with Crippen LogP contribution in [0.2, 0.25) is 0 Å². The molecule has 0 bridgehead atoms. The number of nitrogens with zero attached hydrogens (tertiary/aromatic N) is 2. The fourth-order valence-electron chi connectivity index (χ4n) is 7.44. The first-order valence-corrected chi connectivity index (χ1v) is 18.3. The first-order chi connectivity index (χ1) is 25.4. The van der Waals surface area contributed by atoms with E-state index < -0.39 is 12.1 Å². The molecule has 6 aromatic carbocycles. The Hall–Kier alpha value is -5.74. The lowest BCUT2D eigenvalue weighted by molar-refractivity contribution is 0.461. The molecule has 4 atom stereocenters. The van der Waals surface area contributed by atoms with Crippen LogP contribution in [-0.2, 0) is 0 Å². The molecule has 0 heterocycles. The smallest absolute Gasteiger partial charge is 0.128 e. The van der Waals surface area contributed by atoms with E-state index in [4.69, 9.17) is 9.98 Å². The van der Waals surface area contributed by atoms with Crippen LogP contribution in [0.25, 0.3) is 0 Å². The van der Waals surface area contributed by atoms with Gasteiger partial charge in [-0.25, -0.2) is 0 Å². The largest absolute Gasteiger partial charge is 0.507 e. The van der Waals surface area contributed by atoms with Gasteiger partial charge in [0.25, 0.3) is 0 Å². The summed E-state index contributed by atoms with van der Waals surface area (Å²) in [7, 11) is 0. The van der Waals surface area contributed by atoms with Crippen molar-refractivity contribution in [1.82, 2.24) is 0 Å². The Balaban J connectivity index is 1.43. The van der Waals surface area contributed by atoms with Crippen LogP contribution in [0.5, 0.6) is 11.5 Å². The van der Waals surface area contributed by atoms with Crippen molar-refractivity contribution in [2.75, 3.05) is 0 Å². The molecule has 0 aliphatic rings. The van der Waals surface area contributed by atoms with Gasteiger partial charge in [0.05, 0.1) is 0 Å². The van der Waals surface area contributed by atoms with E-state index in [1.54, 1.807) is 12.4 Å². The first kappa shape index (κ1) is 36.1. The molecule has 0 radical (unpaired) electrons. The first-order valence-electron chi connectivity index (χ1n) is 18.3. The minimum Gasteiger partial charge on any atom is -0.507 e. The van der Waals surface area contributed by atoms with E-state index in [2.05, 4.69) is 88.4 Å². The maximum atomic E-state index is 11.8. The highest BCUT2D eigenvalue weighted by Crippen LogP contribution is 2.41. The van der Waals surface area contributed by atoms with Gasteiger partial charge in [0.15, 0.2) is 0 Å². The molecule has 0 saturated carbocycles. The van der Waals surface area contributed by atoms with E-state index in [9.17, 15) is 10.2 Å². The van der Waals surface area contributed by atoms with Crippen LogP contribution in [0.15, 0.2) is 156 Å². The Bertz CT molecular complexity index is 1960. The van der Waals surface area contributed by atoms with Gasteiger partial charge in [-0.3, -0.25) is 9.98 Å². The minimum absolute atomic E-state index is 0.0578. The third-order valence-corrected chi connectivity index (χ3v) is 10.2. The molecule has 0 aliphatic heterocycles. The molecule has 0 amide bonds. The number of aryl methyl sites for hydroxylation is 2. The van der Waals surface area contributed by atoms with Gasteiger partial charge in [0.1, 0.15) is 23.6 Å². The molecule has 0 aliphatic carbocycles. The molecule has 0 saturated heterocycles. The Morgan fingerprint density at radius 1 is 0.442 bits per heavy atom. The highest BCUT2D eigenvalue weighted by Gasteiger charge is 2.26. The summed E-state index contributed by atoms with van der Waals surface area (Å²) in [4.78, 5) is 10.4. The number of phenolic OH excluding ortho intramolecular Hbond substituents is 2. The molecule has 0 spiro atoms. The SMILES string of the molecule is CC[C@H](c1ccccc1)c1c(C)ccc(C=N[C@H](c2ccccc2)[C@H](N=Cc2ccc(C)c([C@H](CC)c3ccccc3)c2O)c2ccccc2)c1O. The number of benzene rings is 6. The van der Waals surface area contributed by atoms with Crippen molar-refractivity contribution in [3.63, 3.8) is 0 Å². The lowest BCUT2D eigenvalue weighted by Gasteiger charge is -2.23. The number of phenols is 2.